The fourth-order valence-corrected chi connectivity index (χ4v) is 1.65. The summed E-state index contributed by atoms with van der Waals surface area (Å²) in [4.78, 5) is 4.02. The monoisotopic (exact) mass is 218 g/mol. The van der Waals surface area contributed by atoms with Gasteiger partial charge >= 0.3 is 0 Å². The molecule has 15 heavy (non-hydrogen) atoms. The Labute approximate surface area is 91.9 Å². The Balaban J connectivity index is 2.71. The van der Waals surface area contributed by atoms with Crippen molar-refractivity contribution in [3.63, 3.8) is 0 Å². The van der Waals surface area contributed by atoms with Gasteiger partial charge in [-0.15, -0.1) is 0 Å². The molecule has 0 fully saturated rings. The summed E-state index contributed by atoms with van der Waals surface area (Å²) in [6.07, 6.45) is 1.56. The van der Waals surface area contributed by atoms with Gasteiger partial charge in [0.1, 0.15) is 22.5 Å². The number of pyridine rings is 1. The molecule has 2 aromatic heterocycles. The molecule has 0 spiro atoms. The minimum absolute atomic E-state index is 0.212. The third-order valence-electron chi connectivity index (χ3n) is 2.00. The molecule has 2 heterocycles. The first kappa shape index (κ1) is 9.75. The normalized spacial score (nSPS) is 9.93. The molecule has 0 aliphatic rings. The number of aryl methyl sites for hydroxylation is 1. The highest BCUT2D eigenvalue weighted by Gasteiger charge is 2.12. The molecule has 0 N–H and O–H groups in total. The molecule has 0 bridgehead atoms. The van der Waals surface area contributed by atoms with Crippen LogP contribution in [0.1, 0.15) is 11.3 Å². The minimum atomic E-state index is 0.212. The summed E-state index contributed by atoms with van der Waals surface area (Å²) in [5.41, 5.74) is 1.78. The molecule has 74 valence electrons. The lowest BCUT2D eigenvalue weighted by Gasteiger charge is -2.03. The number of nitrogens with zero attached hydrogens (tertiary/aromatic N) is 2. The predicted molar refractivity (Wildman–Crippen MR) is 56.4 cm³/mol. The third-order valence-corrected chi connectivity index (χ3v) is 2.28. The second-order valence-corrected chi connectivity index (χ2v) is 3.42. The first-order valence-corrected chi connectivity index (χ1v) is 4.71. The van der Waals surface area contributed by atoms with Gasteiger partial charge < -0.3 is 4.42 Å². The molecule has 3 nitrogen and oxygen atoms in total. The van der Waals surface area contributed by atoms with E-state index in [9.17, 15) is 0 Å². The maximum absolute atomic E-state index is 8.97. The van der Waals surface area contributed by atoms with Crippen molar-refractivity contribution < 1.29 is 4.42 Å². The summed E-state index contributed by atoms with van der Waals surface area (Å²) in [7, 11) is 0. The van der Waals surface area contributed by atoms with Crippen LogP contribution in [0.4, 0.5) is 0 Å². The van der Waals surface area contributed by atoms with Gasteiger partial charge in [-0.2, -0.15) is 5.26 Å². The summed E-state index contributed by atoms with van der Waals surface area (Å²) in [6.45, 7) is 1.82. The fourth-order valence-electron chi connectivity index (χ4n) is 1.37. The molecule has 2 rings (SSSR count). The standard InChI is InChI=1S/C11H7ClN2O/c1-7-5-8(10-3-2-4-15-10)9(6-13)11(12)14-7/h2-5H,1H3. The Kier molecular flexibility index (Phi) is 2.44. The highest BCUT2D eigenvalue weighted by molar-refractivity contribution is 6.31. The van der Waals surface area contributed by atoms with Gasteiger partial charge in [0.2, 0.25) is 0 Å². The molecule has 0 unspecified atom stereocenters. The van der Waals surface area contributed by atoms with Crippen LogP contribution in [0, 0.1) is 18.3 Å². The van der Waals surface area contributed by atoms with Gasteiger partial charge in [0.05, 0.1) is 6.26 Å². The van der Waals surface area contributed by atoms with Crippen LogP contribution < -0.4 is 0 Å². The predicted octanol–water partition coefficient (Wildman–Crippen LogP) is 3.18. The van der Waals surface area contributed by atoms with Crippen LogP contribution in [-0.2, 0) is 0 Å². The van der Waals surface area contributed by atoms with Crippen LogP contribution in [0.5, 0.6) is 0 Å². The van der Waals surface area contributed by atoms with Crippen molar-refractivity contribution in [2.45, 2.75) is 6.92 Å². The van der Waals surface area contributed by atoms with Gasteiger partial charge in [0, 0.05) is 11.3 Å². The maximum Gasteiger partial charge on any atom is 0.147 e. The molecule has 0 aliphatic carbocycles. The van der Waals surface area contributed by atoms with Gasteiger partial charge in [0.15, 0.2) is 0 Å². The number of hydrogen-bond donors (Lipinski definition) is 0. The quantitative estimate of drug-likeness (QED) is 0.691. The molecule has 0 saturated carbocycles. The zero-order valence-electron chi connectivity index (χ0n) is 7.99. The number of furan rings is 1. The summed E-state index contributed by atoms with van der Waals surface area (Å²) in [5.74, 6) is 0.624. The summed E-state index contributed by atoms with van der Waals surface area (Å²) >= 11 is 5.88. The van der Waals surface area contributed by atoms with Crippen molar-refractivity contribution in [1.29, 1.82) is 5.26 Å². The van der Waals surface area contributed by atoms with Crippen molar-refractivity contribution >= 4 is 11.6 Å². The maximum atomic E-state index is 8.97. The van der Waals surface area contributed by atoms with Gasteiger partial charge in [-0.1, -0.05) is 11.6 Å². The van der Waals surface area contributed by atoms with Crippen molar-refractivity contribution in [2.75, 3.05) is 0 Å². The Bertz CT molecular complexity index is 526. The molecule has 0 aliphatic heterocycles. The van der Waals surface area contributed by atoms with E-state index in [1.165, 1.54) is 0 Å². The summed E-state index contributed by atoms with van der Waals surface area (Å²) < 4.78 is 5.23. The second-order valence-electron chi connectivity index (χ2n) is 3.07. The van der Waals surface area contributed by atoms with E-state index in [0.29, 0.717) is 16.9 Å². The minimum Gasteiger partial charge on any atom is -0.464 e. The zero-order valence-corrected chi connectivity index (χ0v) is 8.75. The molecule has 0 amide bonds. The average Bonchev–Trinajstić information content (AvgIpc) is 2.69. The van der Waals surface area contributed by atoms with Crippen LogP contribution >= 0.6 is 11.6 Å². The van der Waals surface area contributed by atoms with Gasteiger partial charge in [-0.3, -0.25) is 0 Å². The zero-order chi connectivity index (χ0) is 10.8. The highest BCUT2D eigenvalue weighted by Crippen LogP contribution is 2.28. The van der Waals surface area contributed by atoms with Gasteiger partial charge in [-0.25, -0.2) is 4.98 Å². The molecule has 2 aromatic rings. The summed E-state index contributed by atoms with van der Waals surface area (Å²) in [6, 6.07) is 7.35. The lowest BCUT2D eigenvalue weighted by atomic mass is 10.1. The highest BCUT2D eigenvalue weighted by atomic mass is 35.5. The van der Waals surface area contributed by atoms with Crippen LogP contribution in [0.2, 0.25) is 5.15 Å². The van der Waals surface area contributed by atoms with E-state index in [4.69, 9.17) is 21.3 Å². The smallest absolute Gasteiger partial charge is 0.147 e. The molecule has 4 heteroatoms. The molecular formula is C11H7ClN2O. The van der Waals surface area contributed by atoms with E-state index in [1.54, 1.807) is 24.5 Å². The van der Waals surface area contributed by atoms with Crippen molar-refractivity contribution in [3.8, 4) is 17.4 Å². The van der Waals surface area contributed by atoms with Crippen molar-refractivity contribution in [1.82, 2.24) is 4.98 Å². The van der Waals surface area contributed by atoms with Crippen LogP contribution in [-0.4, -0.2) is 4.98 Å². The van der Waals surface area contributed by atoms with E-state index >= 15 is 0 Å². The Morgan fingerprint density at radius 2 is 2.33 bits per heavy atom. The molecule has 0 radical (unpaired) electrons. The van der Waals surface area contributed by atoms with E-state index in [0.717, 1.165) is 5.69 Å². The first-order chi connectivity index (χ1) is 7.22. The lowest BCUT2D eigenvalue weighted by molar-refractivity contribution is 0.582. The Morgan fingerprint density at radius 3 is 2.93 bits per heavy atom. The Hall–Kier alpha value is -1.79. The summed E-state index contributed by atoms with van der Waals surface area (Å²) in [5, 5.41) is 9.18. The van der Waals surface area contributed by atoms with E-state index in [2.05, 4.69) is 4.98 Å². The van der Waals surface area contributed by atoms with Crippen molar-refractivity contribution in [2.24, 2.45) is 0 Å². The number of rotatable bonds is 1. The van der Waals surface area contributed by atoms with E-state index in [1.807, 2.05) is 13.0 Å². The molecule has 0 saturated heterocycles. The number of hydrogen-bond acceptors (Lipinski definition) is 3. The van der Waals surface area contributed by atoms with Crippen LogP contribution in [0.25, 0.3) is 11.3 Å². The second kappa shape index (κ2) is 3.76. The molecular weight excluding hydrogens is 212 g/mol. The lowest BCUT2D eigenvalue weighted by Crippen LogP contribution is -1.91. The van der Waals surface area contributed by atoms with Gasteiger partial charge in [-0.05, 0) is 25.1 Å². The first-order valence-electron chi connectivity index (χ1n) is 4.33. The number of halogens is 1. The van der Waals surface area contributed by atoms with Crippen LogP contribution in [0.15, 0.2) is 28.9 Å². The van der Waals surface area contributed by atoms with Gasteiger partial charge in [0.25, 0.3) is 0 Å². The SMILES string of the molecule is Cc1cc(-c2ccco2)c(C#N)c(Cl)n1. The van der Waals surface area contributed by atoms with Crippen molar-refractivity contribution in [3.05, 3.63) is 40.9 Å². The van der Waals surface area contributed by atoms with Crippen LogP contribution in [0.3, 0.4) is 0 Å². The average molecular weight is 219 g/mol. The molecule has 0 atom stereocenters. The largest absolute Gasteiger partial charge is 0.464 e. The number of nitriles is 1. The fraction of sp³-hybridized carbons (Fsp3) is 0.0909. The van der Waals surface area contributed by atoms with E-state index in [-0.39, 0.29) is 5.15 Å². The van der Waals surface area contributed by atoms with E-state index < -0.39 is 0 Å². The molecule has 0 aromatic carbocycles. The third kappa shape index (κ3) is 1.72. The number of aromatic nitrogens is 1. The Morgan fingerprint density at radius 1 is 1.53 bits per heavy atom. The topological polar surface area (TPSA) is 49.8 Å².